The molecule has 0 saturated carbocycles. The Morgan fingerprint density at radius 2 is 1.86 bits per heavy atom. The van der Waals surface area contributed by atoms with E-state index >= 15 is 0 Å². The van der Waals surface area contributed by atoms with E-state index in [0.717, 1.165) is 11.1 Å². The lowest BCUT2D eigenvalue weighted by Gasteiger charge is -2.19. The highest BCUT2D eigenvalue weighted by Gasteiger charge is 2.17. The van der Waals surface area contributed by atoms with Gasteiger partial charge in [-0.3, -0.25) is 4.79 Å². The molecule has 3 aromatic rings. The summed E-state index contributed by atoms with van der Waals surface area (Å²) in [4.78, 5) is 12.3. The third-order valence-electron chi connectivity index (χ3n) is 4.40. The predicted molar refractivity (Wildman–Crippen MR) is 120 cm³/mol. The van der Waals surface area contributed by atoms with Crippen LogP contribution in [0, 0.1) is 6.92 Å². The number of anilines is 1. The maximum atomic E-state index is 12.3. The summed E-state index contributed by atoms with van der Waals surface area (Å²) < 4.78 is 1.41. The number of carbonyl (C=O) groups excluding carboxylic acids is 1. The Balaban J connectivity index is 1.66. The van der Waals surface area contributed by atoms with E-state index in [1.54, 1.807) is 12.1 Å². The van der Waals surface area contributed by atoms with E-state index in [4.69, 9.17) is 17.4 Å². The van der Waals surface area contributed by atoms with Crippen molar-refractivity contribution in [1.29, 1.82) is 0 Å². The molecular weight excluding hydrogens is 406 g/mol. The second-order valence-electron chi connectivity index (χ2n) is 7.82. The SMILES string of the molecule is Cc1ccc(NC(=O)CSc2nnc(-c3ccc(C(C)(C)C)cc3)n2N)c(Cl)c1. The molecule has 0 aliphatic heterocycles. The van der Waals surface area contributed by atoms with Crippen LogP contribution < -0.4 is 11.2 Å². The van der Waals surface area contributed by atoms with Gasteiger partial charge in [-0.25, -0.2) is 4.68 Å². The van der Waals surface area contributed by atoms with Gasteiger partial charge in [-0.1, -0.05) is 74.5 Å². The molecule has 0 aliphatic rings. The largest absolute Gasteiger partial charge is 0.335 e. The Morgan fingerprint density at radius 1 is 1.17 bits per heavy atom. The molecule has 1 amide bonds. The number of halogens is 1. The van der Waals surface area contributed by atoms with Crippen LogP contribution in [0.25, 0.3) is 11.4 Å². The Labute approximate surface area is 179 Å². The average molecular weight is 430 g/mol. The fourth-order valence-corrected chi connectivity index (χ4v) is 3.67. The fourth-order valence-electron chi connectivity index (χ4n) is 2.73. The molecule has 8 heteroatoms. The molecule has 0 atom stereocenters. The lowest BCUT2D eigenvalue weighted by Crippen LogP contribution is -2.16. The average Bonchev–Trinajstić information content (AvgIpc) is 3.02. The van der Waals surface area contributed by atoms with Crippen molar-refractivity contribution in [3.8, 4) is 11.4 Å². The van der Waals surface area contributed by atoms with Gasteiger partial charge in [-0.2, -0.15) is 0 Å². The second-order valence-corrected chi connectivity index (χ2v) is 9.17. The van der Waals surface area contributed by atoms with Crippen LogP contribution in [0.3, 0.4) is 0 Å². The monoisotopic (exact) mass is 429 g/mol. The normalized spacial score (nSPS) is 11.5. The smallest absolute Gasteiger partial charge is 0.234 e. The summed E-state index contributed by atoms with van der Waals surface area (Å²) in [6.07, 6.45) is 0. The van der Waals surface area contributed by atoms with E-state index in [9.17, 15) is 4.79 Å². The molecule has 0 aliphatic carbocycles. The predicted octanol–water partition coefficient (Wildman–Crippen LogP) is 4.65. The molecule has 2 aromatic carbocycles. The zero-order chi connectivity index (χ0) is 21.2. The molecule has 0 unspecified atom stereocenters. The Hall–Kier alpha value is -2.51. The number of nitrogens with zero attached hydrogens (tertiary/aromatic N) is 3. The molecule has 29 heavy (non-hydrogen) atoms. The summed E-state index contributed by atoms with van der Waals surface area (Å²) >= 11 is 7.37. The number of hydrogen-bond acceptors (Lipinski definition) is 5. The van der Waals surface area contributed by atoms with E-state index in [-0.39, 0.29) is 17.1 Å². The lowest BCUT2D eigenvalue weighted by atomic mass is 9.87. The molecule has 3 N–H and O–H groups in total. The van der Waals surface area contributed by atoms with Crippen molar-refractivity contribution in [1.82, 2.24) is 14.9 Å². The van der Waals surface area contributed by atoms with Gasteiger partial charge in [0.05, 0.1) is 16.5 Å². The van der Waals surface area contributed by atoms with Crippen molar-refractivity contribution in [2.75, 3.05) is 16.9 Å². The van der Waals surface area contributed by atoms with Gasteiger partial charge >= 0.3 is 0 Å². The van der Waals surface area contributed by atoms with Crippen molar-refractivity contribution in [2.45, 2.75) is 38.3 Å². The van der Waals surface area contributed by atoms with Gasteiger partial charge in [0.25, 0.3) is 0 Å². The number of nitrogens with two attached hydrogens (primary N) is 1. The quantitative estimate of drug-likeness (QED) is 0.455. The number of benzene rings is 2. The second kappa shape index (κ2) is 8.47. The summed E-state index contributed by atoms with van der Waals surface area (Å²) in [5.41, 5.74) is 3.78. The van der Waals surface area contributed by atoms with Gasteiger partial charge in [0, 0.05) is 5.56 Å². The zero-order valence-corrected chi connectivity index (χ0v) is 18.4. The third-order valence-corrected chi connectivity index (χ3v) is 5.66. The van der Waals surface area contributed by atoms with Crippen molar-refractivity contribution in [3.05, 3.63) is 58.6 Å². The lowest BCUT2D eigenvalue weighted by molar-refractivity contribution is -0.113. The maximum absolute atomic E-state index is 12.3. The minimum absolute atomic E-state index is 0.0731. The summed E-state index contributed by atoms with van der Waals surface area (Å²) in [7, 11) is 0. The molecule has 3 rings (SSSR count). The number of aryl methyl sites for hydroxylation is 1. The number of nitrogen functional groups attached to an aromatic ring is 1. The first-order chi connectivity index (χ1) is 13.6. The van der Waals surface area contributed by atoms with Crippen molar-refractivity contribution in [2.24, 2.45) is 0 Å². The highest BCUT2D eigenvalue weighted by atomic mass is 35.5. The van der Waals surface area contributed by atoms with Crippen molar-refractivity contribution in [3.63, 3.8) is 0 Å². The Morgan fingerprint density at radius 3 is 2.48 bits per heavy atom. The van der Waals surface area contributed by atoms with E-state index in [1.165, 1.54) is 22.0 Å². The number of nitrogens with one attached hydrogen (secondary N) is 1. The molecular formula is C21H24ClN5OS. The fraction of sp³-hybridized carbons (Fsp3) is 0.286. The van der Waals surface area contributed by atoms with E-state index in [0.29, 0.717) is 21.7 Å². The summed E-state index contributed by atoms with van der Waals surface area (Å²) in [5, 5.41) is 12.1. The molecule has 0 saturated heterocycles. The first kappa shape index (κ1) is 21.2. The highest BCUT2D eigenvalue weighted by Crippen LogP contribution is 2.27. The van der Waals surface area contributed by atoms with Crippen molar-refractivity contribution < 1.29 is 4.79 Å². The zero-order valence-electron chi connectivity index (χ0n) is 16.9. The maximum Gasteiger partial charge on any atom is 0.234 e. The molecule has 6 nitrogen and oxygen atoms in total. The van der Waals surface area contributed by atoms with Gasteiger partial charge in [0.1, 0.15) is 0 Å². The van der Waals surface area contributed by atoms with Crippen LogP contribution in [0.1, 0.15) is 31.9 Å². The topological polar surface area (TPSA) is 85.8 Å². The van der Waals surface area contributed by atoms with Crippen LogP contribution in [0.4, 0.5) is 5.69 Å². The molecule has 0 fully saturated rings. The van der Waals surface area contributed by atoms with Crippen LogP contribution in [0.5, 0.6) is 0 Å². The summed E-state index contributed by atoms with van der Waals surface area (Å²) in [5.74, 6) is 6.65. The number of thioether (sulfide) groups is 1. The van der Waals surface area contributed by atoms with Crippen LogP contribution in [0.2, 0.25) is 5.02 Å². The third kappa shape index (κ3) is 5.10. The van der Waals surface area contributed by atoms with Gasteiger partial charge in [-0.15, -0.1) is 10.2 Å². The van der Waals surface area contributed by atoms with Gasteiger partial charge in [0.15, 0.2) is 5.82 Å². The number of rotatable bonds is 5. The van der Waals surface area contributed by atoms with Gasteiger partial charge in [-0.05, 0) is 35.6 Å². The van der Waals surface area contributed by atoms with Crippen LogP contribution >= 0.6 is 23.4 Å². The standard InChI is InChI=1S/C21H24ClN5OS/c1-13-5-10-17(16(22)11-13)24-18(28)12-29-20-26-25-19(27(20)23)14-6-8-15(9-7-14)21(2,3)4/h5-11H,12,23H2,1-4H3,(H,24,28). The Kier molecular flexibility index (Phi) is 6.19. The van der Waals surface area contributed by atoms with Gasteiger partial charge in [0.2, 0.25) is 11.1 Å². The number of amides is 1. The first-order valence-corrected chi connectivity index (χ1v) is 10.5. The minimum atomic E-state index is -0.195. The molecule has 1 heterocycles. The molecule has 0 bridgehead atoms. The van der Waals surface area contributed by atoms with Crippen LogP contribution in [-0.2, 0) is 10.2 Å². The van der Waals surface area contributed by atoms with Crippen molar-refractivity contribution >= 4 is 35.0 Å². The van der Waals surface area contributed by atoms with E-state index in [1.807, 2.05) is 25.1 Å². The molecule has 0 radical (unpaired) electrons. The minimum Gasteiger partial charge on any atom is -0.335 e. The molecule has 152 valence electrons. The highest BCUT2D eigenvalue weighted by molar-refractivity contribution is 7.99. The molecule has 0 spiro atoms. The number of carbonyl (C=O) groups is 1. The number of aromatic nitrogens is 3. The molecule has 1 aromatic heterocycles. The van der Waals surface area contributed by atoms with Crippen LogP contribution in [0.15, 0.2) is 47.6 Å². The first-order valence-electron chi connectivity index (χ1n) is 9.15. The summed E-state index contributed by atoms with van der Waals surface area (Å²) in [6, 6.07) is 13.6. The van der Waals surface area contributed by atoms with E-state index < -0.39 is 0 Å². The number of hydrogen-bond donors (Lipinski definition) is 2. The van der Waals surface area contributed by atoms with E-state index in [2.05, 4.69) is 48.4 Å². The van der Waals surface area contributed by atoms with Crippen LogP contribution in [-0.4, -0.2) is 26.5 Å². The van der Waals surface area contributed by atoms with Gasteiger partial charge < -0.3 is 11.2 Å². The Bertz CT molecular complexity index is 1020. The summed E-state index contributed by atoms with van der Waals surface area (Å²) in [6.45, 7) is 8.43.